The molecule has 21 heavy (non-hydrogen) atoms. The fourth-order valence-electron chi connectivity index (χ4n) is 2.61. The summed E-state index contributed by atoms with van der Waals surface area (Å²) < 4.78 is 5.59. The molecule has 0 aromatic heterocycles. The van der Waals surface area contributed by atoms with Gasteiger partial charge in [0.25, 0.3) is 0 Å². The minimum atomic E-state index is -0.588. The average molecular weight is 310 g/mol. The second-order valence-corrected chi connectivity index (χ2v) is 5.91. The number of rotatable bonds is 5. The Balaban J connectivity index is 1.96. The quantitative estimate of drug-likeness (QED) is 0.685. The lowest BCUT2D eigenvalue weighted by Crippen LogP contribution is -2.49. The van der Waals surface area contributed by atoms with Crippen LogP contribution in [0.3, 0.4) is 0 Å². The van der Waals surface area contributed by atoms with Crippen LogP contribution < -0.4 is 5.73 Å². The number of nitrogens with two attached hydrogens (primary N) is 1. The highest BCUT2D eigenvalue weighted by atomic mass is 32.1. The van der Waals surface area contributed by atoms with E-state index in [1.165, 1.54) is 0 Å². The zero-order valence-electron chi connectivity index (χ0n) is 12.1. The standard InChI is InChI=1S/C15H22N2O3S/c1-10-6-17(7-13(9-18)20-10)8-14(19)11-2-4-12(5-3-11)15(16)21/h2-5,10,13-14,18-19H,6-9H2,1H3,(H2,16,21). The predicted molar refractivity (Wildman–Crippen MR) is 85.2 cm³/mol. The van der Waals surface area contributed by atoms with Crippen molar-refractivity contribution < 1.29 is 14.9 Å². The number of aliphatic hydroxyl groups excluding tert-OH is 2. The first kappa shape index (κ1) is 16.3. The summed E-state index contributed by atoms with van der Waals surface area (Å²) in [6, 6.07) is 7.32. The van der Waals surface area contributed by atoms with Gasteiger partial charge in [-0.15, -0.1) is 0 Å². The van der Waals surface area contributed by atoms with Crippen LogP contribution in [0.25, 0.3) is 0 Å². The molecule has 0 aliphatic carbocycles. The minimum Gasteiger partial charge on any atom is -0.394 e. The molecule has 0 amide bonds. The van der Waals surface area contributed by atoms with Crippen molar-refractivity contribution >= 4 is 17.2 Å². The first-order valence-electron chi connectivity index (χ1n) is 7.06. The largest absolute Gasteiger partial charge is 0.394 e. The van der Waals surface area contributed by atoms with Crippen LogP contribution >= 0.6 is 12.2 Å². The molecule has 6 heteroatoms. The van der Waals surface area contributed by atoms with Gasteiger partial charge in [0, 0.05) is 25.2 Å². The molecule has 1 aliphatic rings. The second kappa shape index (κ2) is 7.29. The van der Waals surface area contributed by atoms with Crippen molar-refractivity contribution in [2.24, 2.45) is 5.73 Å². The molecule has 1 saturated heterocycles. The number of morpholine rings is 1. The van der Waals surface area contributed by atoms with E-state index in [2.05, 4.69) is 4.90 Å². The minimum absolute atomic E-state index is 0.000420. The first-order valence-corrected chi connectivity index (χ1v) is 7.47. The normalized spacial score (nSPS) is 24.7. The molecule has 116 valence electrons. The summed E-state index contributed by atoms with van der Waals surface area (Å²) in [5, 5.41) is 19.6. The van der Waals surface area contributed by atoms with Crippen LogP contribution in [0.1, 0.15) is 24.2 Å². The summed E-state index contributed by atoms with van der Waals surface area (Å²) in [7, 11) is 0. The van der Waals surface area contributed by atoms with Crippen molar-refractivity contribution in [3.8, 4) is 0 Å². The van der Waals surface area contributed by atoms with E-state index < -0.39 is 6.10 Å². The highest BCUT2D eigenvalue weighted by Gasteiger charge is 2.26. The molecule has 0 bridgehead atoms. The Kier molecular flexibility index (Phi) is 5.66. The number of aliphatic hydroxyl groups is 2. The third-order valence-corrected chi connectivity index (χ3v) is 3.85. The van der Waals surface area contributed by atoms with E-state index in [0.717, 1.165) is 17.7 Å². The third-order valence-electron chi connectivity index (χ3n) is 3.62. The maximum absolute atomic E-state index is 10.3. The van der Waals surface area contributed by atoms with Gasteiger partial charge in [-0.25, -0.2) is 0 Å². The molecule has 0 saturated carbocycles. The van der Waals surface area contributed by atoms with Crippen LogP contribution in [0.4, 0.5) is 0 Å². The number of hydrogen-bond acceptors (Lipinski definition) is 5. The predicted octanol–water partition coefficient (Wildman–Crippen LogP) is 0.436. The lowest BCUT2D eigenvalue weighted by atomic mass is 10.1. The fraction of sp³-hybridized carbons (Fsp3) is 0.533. The molecule has 5 nitrogen and oxygen atoms in total. The molecule has 1 aromatic carbocycles. The Hall–Kier alpha value is -1.05. The zero-order chi connectivity index (χ0) is 15.4. The van der Waals surface area contributed by atoms with Crippen molar-refractivity contribution in [2.45, 2.75) is 25.2 Å². The van der Waals surface area contributed by atoms with Gasteiger partial charge in [0.1, 0.15) is 4.99 Å². The summed E-state index contributed by atoms with van der Waals surface area (Å²) in [5.74, 6) is 0. The van der Waals surface area contributed by atoms with Crippen molar-refractivity contribution in [1.29, 1.82) is 0 Å². The van der Waals surface area contributed by atoms with Gasteiger partial charge in [-0.1, -0.05) is 36.5 Å². The van der Waals surface area contributed by atoms with Crippen LogP contribution in [0.2, 0.25) is 0 Å². The van der Waals surface area contributed by atoms with Crippen LogP contribution in [-0.2, 0) is 4.74 Å². The molecular weight excluding hydrogens is 288 g/mol. The Morgan fingerprint density at radius 1 is 1.43 bits per heavy atom. The van der Waals surface area contributed by atoms with Gasteiger partial charge in [-0.2, -0.15) is 0 Å². The lowest BCUT2D eigenvalue weighted by Gasteiger charge is -2.37. The molecule has 3 atom stereocenters. The van der Waals surface area contributed by atoms with Gasteiger partial charge >= 0.3 is 0 Å². The van der Waals surface area contributed by atoms with E-state index in [4.69, 9.17) is 22.7 Å². The van der Waals surface area contributed by atoms with E-state index in [1.807, 2.05) is 31.2 Å². The van der Waals surface area contributed by atoms with E-state index in [-0.39, 0.29) is 18.8 Å². The molecule has 1 heterocycles. The van der Waals surface area contributed by atoms with E-state index in [0.29, 0.717) is 18.1 Å². The number of thiocarbonyl (C=S) groups is 1. The molecule has 3 unspecified atom stereocenters. The maximum Gasteiger partial charge on any atom is 0.103 e. The van der Waals surface area contributed by atoms with Crippen LogP contribution in [0.5, 0.6) is 0 Å². The number of nitrogens with zero attached hydrogens (tertiary/aromatic N) is 1. The summed E-state index contributed by atoms with van der Waals surface area (Å²) in [5.41, 5.74) is 7.18. The first-order chi connectivity index (χ1) is 9.99. The smallest absolute Gasteiger partial charge is 0.103 e. The van der Waals surface area contributed by atoms with Gasteiger partial charge in [0.2, 0.25) is 0 Å². The molecule has 0 radical (unpaired) electrons. The summed E-state index contributed by atoms with van der Waals surface area (Å²) in [4.78, 5) is 2.46. The average Bonchev–Trinajstić information content (AvgIpc) is 2.46. The van der Waals surface area contributed by atoms with Crippen LogP contribution in [-0.4, -0.2) is 58.6 Å². The van der Waals surface area contributed by atoms with E-state index in [9.17, 15) is 10.2 Å². The molecule has 0 spiro atoms. The molecule has 4 N–H and O–H groups in total. The lowest BCUT2D eigenvalue weighted by molar-refractivity contribution is -0.102. The van der Waals surface area contributed by atoms with Gasteiger partial charge in [0.15, 0.2) is 0 Å². The third kappa shape index (κ3) is 4.46. The molecule has 1 aliphatic heterocycles. The van der Waals surface area contributed by atoms with Crippen molar-refractivity contribution in [1.82, 2.24) is 4.90 Å². The molecular formula is C15H22N2O3S. The van der Waals surface area contributed by atoms with Crippen molar-refractivity contribution in [3.05, 3.63) is 35.4 Å². The Bertz CT molecular complexity index is 480. The summed E-state index contributed by atoms with van der Waals surface area (Å²) >= 11 is 4.91. The van der Waals surface area contributed by atoms with Crippen LogP contribution in [0, 0.1) is 0 Å². The highest BCUT2D eigenvalue weighted by Crippen LogP contribution is 2.18. The topological polar surface area (TPSA) is 79.0 Å². The van der Waals surface area contributed by atoms with Gasteiger partial charge in [-0.3, -0.25) is 4.90 Å². The monoisotopic (exact) mass is 310 g/mol. The van der Waals surface area contributed by atoms with Gasteiger partial charge in [-0.05, 0) is 12.5 Å². The zero-order valence-corrected chi connectivity index (χ0v) is 12.9. The maximum atomic E-state index is 10.3. The molecule has 1 fully saturated rings. The van der Waals surface area contributed by atoms with Crippen LogP contribution in [0.15, 0.2) is 24.3 Å². The van der Waals surface area contributed by atoms with E-state index in [1.54, 1.807) is 0 Å². The highest BCUT2D eigenvalue weighted by molar-refractivity contribution is 7.80. The van der Waals surface area contributed by atoms with Crippen molar-refractivity contribution in [2.75, 3.05) is 26.2 Å². The fourth-order valence-corrected chi connectivity index (χ4v) is 2.75. The van der Waals surface area contributed by atoms with Gasteiger partial charge in [0.05, 0.1) is 24.9 Å². The number of hydrogen-bond donors (Lipinski definition) is 3. The molecule has 2 rings (SSSR count). The number of β-amino-alcohol motifs (C(OH)–C–C–N with tert-alkyl or cyclic N) is 1. The van der Waals surface area contributed by atoms with Gasteiger partial charge < -0.3 is 20.7 Å². The SMILES string of the molecule is CC1CN(CC(O)c2ccc(C(N)=S)cc2)CC(CO)O1. The van der Waals surface area contributed by atoms with Crippen molar-refractivity contribution in [3.63, 3.8) is 0 Å². The van der Waals surface area contributed by atoms with E-state index >= 15 is 0 Å². The Morgan fingerprint density at radius 3 is 2.67 bits per heavy atom. The number of ether oxygens (including phenoxy) is 1. The summed E-state index contributed by atoms with van der Waals surface area (Å²) in [6.45, 7) is 3.86. The summed E-state index contributed by atoms with van der Waals surface area (Å²) in [6.07, 6.45) is -0.715. The Labute approximate surface area is 130 Å². The molecule has 1 aromatic rings. The second-order valence-electron chi connectivity index (χ2n) is 5.47. The Morgan fingerprint density at radius 2 is 2.10 bits per heavy atom. The number of benzene rings is 1.